The number of benzene rings is 1. The Morgan fingerprint density at radius 2 is 2.05 bits per heavy atom. The van der Waals surface area contributed by atoms with Crippen LogP contribution in [0.2, 0.25) is 0 Å². The quantitative estimate of drug-likeness (QED) is 0.873. The molecule has 0 radical (unpaired) electrons. The zero-order chi connectivity index (χ0) is 14.7. The molecule has 20 heavy (non-hydrogen) atoms. The van der Waals surface area contributed by atoms with Crippen LogP contribution in [0.15, 0.2) is 34.9 Å². The minimum absolute atomic E-state index is 0.0810. The molecule has 5 heteroatoms. The fraction of sp³-hybridized carbons (Fsp3) is 0.333. The molecule has 0 saturated carbocycles. The number of amides is 2. The molecule has 0 aliphatic heterocycles. The van der Waals surface area contributed by atoms with E-state index >= 15 is 0 Å². The molecule has 1 aromatic heterocycles. The maximum absolute atomic E-state index is 12.2. The molecule has 0 aliphatic carbocycles. The van der Waals surface area contributed by atoms with Gasteiger partial charge in [0.15, 0.2) is 0 Å². The third-order valence-corrected chi connectivity index (χ3v) is 3.39. The fourth-order valence-electron chi connectivity index (χ4n) is 2.15. The molecule has 0 unspecified atom stereocenters. The highest BCUT2D eigenvalue weighted by atomic mass is 16.3. The van der Waals surface area contributed by atoms with Gasteiger partial charge >= 0.3 is 0 Å². The van der Waals surface area contributed by atoms with Gasteiger partial charge in [-0.25, -0.2) is 0 Å². The summed E-state index contributed by atoms with van der Waals surface area (Å²) in [5.74, 6) is -0.925. The normalized spacial score (nSPS) is 12.6. The van der Waals surface area contributed by atoms with Crippen molar-refractivity contribution in [3.63, 3.8) is 0 Å². The minimum atomic E-state index is -0.401. The Labute approximate surface area is 117 Å². The van der Waals surface area contributed by atoms with Crippen LogP contribution in [0.4, 0.5) is 0 Å². The summed E-state index contributed by atoms with van der Waals surface area (Å²) in [4.78, 5) is 23.5. The number of primary amides is 1. The Morgan fingerprint density at radius 1 is 1.30 bits per heavy atom. The van der Waals surface area contributed by atoms with Crippen molar-refractivity contribution in [3.8, 4) is 0 Å². The number of nitrogens with two attached hydrogens (primary N) is 1. The number of furan rings is 1. The Morgan fingerprint density at radius 3 is 2.70 bits per heavy atom. The molecular weight excluding hydrogens is 256 g/mol. The summed E-state index contributed by atoms with van der Waals surface area (Å²) in [5, 5.41) is 3.52. The number of carbonyl (C=O) groups excluding carboxylic acids is 2. The van der Waals surface area contributed by atoms with E-state index in [2.05, 4.69) is 5.32 Å². The van der Waals surface area contributed by atoms with Crippen molar-refractivity contribution in [3.05, 3.63) is 36.1 Å². The molecule has 1 heterocycles. The lowest BCUT2D eigenvalue weighted by Gasteiger charge is -2.17. The number of rotatable bonds is 5. The highest BCUT2D eigenvalue weighted by molar-refractivity contribution is 6.06. The highest BCUT2D eigenvalue weighted by Gasteiger charge is 2.21. The van der Waals surface area contributed by atoms with E-state index in [9.17, 15) is 9.59 Å². The van der Waals surface area contributed by atoms with Gasteiger partial charge in [-0.1, -0.05) is 19.9 Å². The van der Waals surface area contributed by atoms with Gasteiger partial charge in [0.25, 0.3) is 5.91 Å². The van der Waals surface area contributed by atoms with Crippen LogP contribution in [0.25, 0.3) is 11.0 Å². The lowest BCUT2D eigenvalue weighted by Crippen LogP contribution is -2.38. The fourth-order valence-corrected chi connectivity index (χ4v) is 2.15. The predicted octanol–water partition coefficient (Wildman–Crippen LogP) is 1.92. The molecule has 2 amide bonds. The van der Waals surface area contributed by atoms with Crippen molar-refractivity contribution >= 4 is 22.8 Å². The molecule has 2 aromatic rings. The molecule has 1 atom stereocenters. The molecule has 0 bridgehead atoms. The Bertz CT molecular complexity index is 631. The first-order valence-corrected chi connectivity index (χ1v) is 6.54. The summed E-state index contributed by atoms with van der Waals surface area (Å²) in [6, 6.07) is 7.03. The van der Waals surface area contributed by atoms with Gasteiger partial charge in [-0.2, -0.15) is 0 Å². The van der Waals surface area contributed by atoms with E-state index in [1.54, 1.807) is 30.5 Å². The first-order valence-electron chi connectivity index (χ1n) is 6.54. The first kappa shape index (κ1) is 14.1. The zero-order valence-electron chi connectivity index (χ0n) is 11.6. The van der Waals surface area contributed by atoms with Crippen molar-refractivity contribution in [1.29, 1.82) is 0 Å². The second-order valence-corrected chi connectivity index (χ2v) is 5.10. The summed E-state index contributed by atoms with van der Waals surface area (Å²) in [6.07, 6.45) is 1.54. The smallest absolute Gasteiger partial charge is 0.252 e. The number of hydrogen-bond acceptors (Lipinski definition) is 3. The van der Waals surface area contributed by atoms with Crippen molar-refractivity contribution in [2.75, 3.05) is 6.54 Å². The maximum Gasteiger partial charge on any atom is 0.252 e. The van der Waals surface area contributed by atoms with Gasteiger partial charge in [0.05, 0.1) is 17.7 Å². The number of nitrogens with one attached hydrogen (secondary N) is 1. The van der Waals surface area contributed by atoms with Crippen LogP contribution >= 0.6 is 0 Å². The van der Waals surface area contributed by atoms with E-state index in [0.29, 0.717) is 11.1 Å². The van der Waals surface area contributed by atoms with Gasteiger partial charge in [-0.05, 0) is 24.1 Å². The molecule has 5 nitrogen and oxygen atoms in total. The summed E-state index contributed by atoms with van der Waals surface area (Å²) >= 11 is 0. The molecule has 1 aromatic carbocycles. The van der Waals surface area contributed by atoms with Crippen LogP contribution in [0.1, 0.15) is 24.2 Å². The maximum atomic E-state index is 12.2. The minimum Gasteiger partial charge on any atom is -0.464 e. The van der Waals surface area contributed by atoms with Gasteiger partial charge in [0.1, 0.15) is 5.58 Å². The van der Waals surface area contributed by atoms with Gasteiger partial charge in [-0.3, -0.25) is 9.59 Å². The molecule has 3 N–H and O–H groups in total. The number of carbonyl (C=O) groups is 2. The van der Waals surface area contributed by atoms with Crippen molar-refractivity contribution in [2.45, 2.75) is 13.8 Å². The van der Waals surface area contributed by atoms with Crippen LogP contribution < -0.4 is 11.1 Å². The van der Waals surface area contributed by atoms with Crippen LogP contribution in [-0.2, 0) is 4.79 Å². The third-order valence-electron chi connectivity index (χ3n) is 3.39. The van der Waals surface area contributed by atoms with E-state index in [0.717, 1.165) is 5.39 Å². The van der Waals surface area contributed by atoms with Crippen LogP contribution in [0, 0.1) is 11.8 Å². The van der Waals surface area contributed by atoms with Crippen molar-refractivity contribution < 1.29 is 14.0 Å². The van der Waals surface area contributed by atoms with Gasteiger partial charge in [0, 0.05) is 11.9 Å². The molecule has 0 fully saturated rings. The largest absolute Gasteiger partial charge is 0.464 e. The van der Waals surface area contributed by atoms with E-state index in [4.69, 9.17) is 10.2 Å². The summed E-state index contributed by atoms with van der Waals surface area (Å²) in [5.41, 5.74) is 6.52. The van der Waals surface area contributed by atoms with Gasteiger partial charge in [0.2, 0.25) is 5.91 Å². The van der Waals surface area contributed by atoms with E-state index in [-0.39, 0.29) is 24.3 Å². The Balaban J connectivity index is 2.12. The van der Waals surface area contributed by atoms with Crippen LogP contribution in [-0.4, -0.2) is 18.4 Å². The third kappa shape index (κ3) is 2.82. The molecule has 0 spiro atoms. The van der Waals surface area contributed by atoms with Crippen LogP contribution in [0.3, 0.4) is 0 Å². The molecular formula is C15H18N2O3. The van der Waals surface area contributed by atoms with Crippen molar-refractivity contribution in [1.82, 2.24) is 5.32 Å². The highest BCUT2D eigenvalue weighted by Crippen LogP contribution is 2.19. The molecule has 2 rings (SSSR count). The molecule has 0 aliphatic rings. The van der Waals surface area contributed by atoms with Crippen molar-refractivity contribution in [2.24, 2.45) is 17.6 Å². The summed E-state index contributed by atoms with van der Waals surface area (Å²) < 4.78 is 5.26. The Kier molecular flexibility index (Phi) is 4.08. The standard InChI is InChI=1S/C15H18N2O3/c1-9(2)12(14(16)18)8-17-15(19)11-4-3-5-13-10(11)6-7-20-13/h3-7,9,12H,8H2,1-2H3,(H2,16,18)(H,17,19)/t12-/m1/s1. The average Bonchev–Trinajstić information content (AvgIpc) is 2.85. The summed E-state index contributed by atoms with van der Waals surface area (Å²) in [7, 11) is 0. The predicted molar refractivity (Wildman–Crippen MR) is 76.1 cm³/mol. The second-order valence-electron chi connectivity index (χ2n) is 5.10. The van der Waals surface area contributed by atoms with E-state index in [1.165, 1.54) is 0 Å². The SMILES string of the molecule is CC(C)[C@@H](CNC(=O)c1cccc2occc12)C(N)=O. The summed E-state index contributed by atoms with van der Waals surface area (Å²) in [6.45, 7) is 4.04. The molecule has 0 saturated heterocycles. The second kappa shape index (κ2) is 5.77. The van der Waals surface area contributed by atoms with E-state index in [1.807, 2.05) is 13.8 Å². The monoisotopic (exact) mass is 274 g/mol. The Hall–Kier alpha value is -2.30. The number of fused-ring (bicyclic) bond motifs is 1. The van der Waals surface area contributed by atoms with E-state index < -0.39 is 5.91 Å². The van der Waals surface area contributed by atoms with Crippen LogP contribution in [0.5, 0.6) is 0 Å². The zero-order valence-corrected chi connectivity index (χ0v) is 11.6. The van der Waals surface area contributed by atoms with Gasteiger partial charge in [-0.15, -0.1) is 0 Å². The van der Waals surface area contributed by atoms with Gasteiger partial charge < -0.3 is 15.5 Å². The molecule has 106 valence electrons. The first-order chi connectivity index (χ1) is 9.50. The topological polar surface area (TPSA) is 85.3 Å². The number of hydrogen-bond donors (Lipinski definition) is 2. The average molecular weight is 274 g/mol. The lowest BCUT2D eigenvalue weighted by molar-refractivity contribution is -0.122. The lowest BCUT2D eigenvalue weighted by atomic mass is 9.95.